The molecule has 6 nitrogen and oxygen atoms in total. The van der Waals surface area contributed by atoms with Gasteiger partial charge >= 0.3 is 0 Å². The predicted octanol–water partition coefficient (Wildman–Crippen LogP) is 5.05. The number of hydrogen-bond donors (Lipinski definition) is 1. The second kappa shape index (κ2) is 8.54. The Morgan fingerprint density at radius 1 is 1.00 bits per heavy atom. The summed E-state index contributed by atoms with van der Waals surface area (Å²) in [6.45, 7) is 3.82. The van der Waals surface area contributed by atoms with E-state index in [0.29, 0.717) is 21.1 Å². The number of carbonyl (C=O) groups is 1. The molecule has 1 N–H and O–H groups in total. The first-order chi connectivity index (χ1) is 15.2. The van der Waals surface area contributed by atoms with Crippen molar-refractivity contribution in [3.63, 3.8) is 0 Å². The Balaban J connectivity index is 1.59. The lowest BCUT2D eigenvalue weighted by atomic mass is 10.2. The maximum atomic E-state index is 12.7. The molecule has 0 radical (unpaired) electrons. The van der Waals surface area contributed by atoms with Crippen LogP contribution in [0.3, 0.4) is 0 Å². The van der Waals surface area contributed by atoms with Gasteiger partial charge < -0.3 is 4.57 Å². The largest absolute Gasteiger partial charge is 0.319 e. The molecule has 0 unspecified atom stereocenters. The summed E-state index contributed by atoms with van der Waals surface area (Å²) in [7, 11) is -1.87. The Morgan fingerprint density at radius 3 is 2.31 bits per heavy atom. The summed E-state index contributed by atoms with van der Waals surface area (Å²) >= 11 is 7.63. The minimum Gasteiger partial charge on any atom is -0.319 e. The molecule has 9 heteroatoms. The second-order valence-electron chi connectivity index (χ2n) is 7.38. The van der Waals surface area contributed by atoms with E-state index >= 15 is 0 Å². The normalized spacial score (nSPS) is 12.3. The Hall–Kier alpha value is -2.94. The Labute approximate surface area is 194 Å². The first-order valence-electron chi connectivity index (χ1n) is 9.69. The smallest absolute Gasteiger partial charge is 0.279 e. The highest BCUT2D eigenvalue weighted by Gasteiger charge is 2.15. The molecule has 4 rings (SSSR count). The summed E-state index contributed by atoms with van der Waals surface area (Å²) < 4.78 is 30.4. The van der Waals surface area contributed by atoms with Crippen LogP contribution in [-0.2, 0) is 17.1 Å². The molecule has 1 aromatic heterocycles. The van der Waals surface area contributed by atoms with Crippen molar-refractivity contribution in [1.82, 2.24) is 4.57 Å². The van der Waals surface area contributed by atoms with Crippen LogP contribution >= 0.6 is 22.9 Å². The van der Waals surface area contributed by atoms with Gasteiger partial charge in [-0.25, -0.2) is 8.42 Å². The summed E-state index contributed by atoms with van der Waals surface area (Å²) in [5.74, 6) is -0.413. The van der Waals surface area contributed by atoms with E-state index < -0.39 is 15.9 Å². The molecular weight excluding hydrogens is 466 g/mol. The topological polar surface area (TPSA) is 80.5 Å². The molecule has 32 heavy (non-hydrogen) atoms. The van der Waals surface area contributed by atoms with Gasteiger partial charge in [0.25, 0.3) is 15.9 Å². The van der Waals surface area contributed by atoms with E-state index in [4.69, 9.17) is 11.6 Å². The van der Waals surface area contributed by atoms with E-state index in [1.54, 1.807) is 48.5 Å². The number of aromatic nitrogens is 1. The average molecular weight is 486 g/mol. The van der Waals surface area contributed by atoms with Gasteiger partial charge in [0, 0.05) is 23.3 Å². The fourth-order valence-electron chi connectivity index (χ4n) is 3.27. The van der Waals surface area contributed by atoms with Gasteiger partial charge in [0.1, 0.15) is 0 Å². The molecule has 0 saturated carbocycles. The van der Waals surface area contributed by atoms with E-state index in [0.717, 1.165) is 21.3 Å². The van der Waals surface area contributed by atoms with Crippen molar-refractivity contribution in [3.8, 4) is 0 Å². The van der Waals surface area contributed by atoms with Crippen LogP contribution in [0.25, 0.3) is 10.2 Å². The number of rotatable bonds is 4. The fourth-order valence-corrected chi connectivity index (χ4v) is 5.56. The molecule has 0 fully saturated rings. The molecule has 0 saturated heterocycles. The molecule has 0 atom stereocenters. The monoisotopic (exact) mass is 485 g/mol. The molecule has 164 valence electrons. The minimum absolute atomic E-state index is 0.172. The van der Waals surface area contributed by atoms with Gasteiger partial charge in [-0.2, -0.15) is 4.99 Å². The van der Waals surface area contributed by atoms with Crippen LogP contribution in [0, 0.1) is 13.8 Å². The number of fused-ring (bicyclic) bond motifs is 1. The number of amides is 1. The number of nitrogens with one attached hydrogen (secondary N) is 1. The number of nitrogens with zero attached hydrogens (tertiary/aromatic N) is 2. The highest BCUT2D eigenvalue weighted by Crippen LogP contribution is 2.26. The Morgan fingerprint density at radius 2 is 1.66 bits per heavy atom. The van der Waals surface area contributed by atoms with Crippen molar-refractivity contribution >= 4 is 54.8 Å². The van der Waals surface area contributed by atoms with Crippen molar-refractivity contribution in [2.24, 2.45) is 12.0 Å². The maximum Gasteiger partial charge on any atom is 0.279 e. The number of benzene rings is 3. The van der Waals surface area contributed by atoms with E-state index in [1.807, 2.05) is 37.6 Å². The second-order valence-corrected chi connectivity index (χ2v) is 10.5. The van der Waals surface area contributed by atoms with Crippen LogP contribution in [0.2, 0.25) is 5.02 Å². The van der Waals surface area contributed by atoms with Gasteiger partial charge in [-0.05, 0) is 67.9 Å². The molecular formula is C23H20ClN3O3S2. The summed E-state index contributed by atoms with van der Waals surface area (Å²) in [6, 6.07) is 16.5. The van der Waals surface area contributed by atoms with Gasteiger partial charge in [0.2, 0.25) is 0 Å². The lowest BCUT2D eigenvalue weighted by Crippen LogP contribution is -2.14. The number of anilines is 1. The number of sulfonamides is 1. The van der Waals surface area contributed by atoms with Crippen molar-refractivity contribution in [2.45, 2.75) is 18.7 Å². The number of thiazole rings is 1. The quantitative estimate of drug-likeness (QED) is 0.439. The zero-order valence-corrected chi connectivity index (χ0v) is 20.0. The molecule has 1 heterocycles. The average Bonchev–Trinajstić information content (AvgIpc) is 3.07. The van der Waals surface area contributed by atoms with Crippen LogP contribution in [0.1, 0.15) is 21.5 Å². The Bertz CT molecular complexity index is 1500. The van der Waals surface area contributed by atoms with E-state index in [9.17, 15) is 13.2 Å². The highest BCUT2D eigenvalue weighted by molar-refractivity contribution is 7.92. The maximum absolute atomic E-state index is 12.7. The summed E-state index contributed by atoms with van der Waals surface area (Å²) in [5.41, 5.74) is 3.56. The summed E-state index contributed by atoms with van der Waals surface area (Å²) in [4.78, 5) is 17.7. The molecule has 0 aliphatic rings. The van der Waals surface area contributed by atoms with Gasteiger partial charge in [0.05, 0.1) is 15.1 Å². The standard InChI is InChI=1S/C23H20ClN3O3S2/c1-14-4-10-18(11-5-14)32(29,30)26-17-8-6-16(7-9-17)22(28)25-23-27(3)21-15(2)19(24)12-13-20(21)31-23/h4-13,26H,1-3H3. The Kier molecular flexibility index (Phi) is 5.94. The molecule has 0 aliphatic heterocycles. The van der Waals surface area contributed by atoms with Crippen molar-refractivity contribution in [1.29, 1.82) is 0 Å². The van der Waals surface area contributed by atoms with Gasteiger partial charge in [-0.3, -0.25) is 9.52 Å². The van der Waals surface area contributed by atoms with Crippen molar-refractivity contribution in [3.05, 3.63) is 87.2 Å². The fraction of sp³-hybridized carbons (Fsp3) is 0.130. The van der Waals surface area contributed by atoms with Gasteiger partial charge in [-0.15, -0.1) is 0 Å². The van der Waals surface area contributed by atoms with E-state index in [1.165, 1.54) is 11.3 Å². The van der Waals surface area contributed by atoms with Crippen molar-refractivity contribution in [2.75, 3.05) is 4.72 Å². The van der Waals surface area contributed by atoms with E-state index in [2.05, 4.69) is 9.71 Å². The first-order valence-corrected chi connectivity index (χ1v) is 12.4. The van der Waals surface area contributed by atoms with Crippen LogP contribution in [0.4, 0.5) is 5.69 Å². The molecule has 4 aromatic rings. The van der Waals surface area contributed by atoms with Crippen LogP contribution in [0.5, 0.6) is 0 Å². The molecule has 3 aromatic carbocycles. The van der Waals surface area contributed by atoms with Gasteiger partial charge in [-0.1, -0.05) is 40.6 Å². The third-order valence-corrected chi connectivity index (χ3v) is 7.97. The number of aryl methyl sites for hydroxylation is 3. The molecule has 0 bridgehead atoms. The lowest BCUT2D eigenvalue weighted by Gasteiger charge is -2.08. The minimum atomic E-state index is -3.71. The first kappa shape index (κ1) is 22.3. The zero-order chi connectivity index (χ0) is 23.0. The summed E-state index contributed by atoms with van der Waals surface area (Å²) in [5, 5.41) is 0.660. The molecule has 1 amide bonds. The van der Waals surface area contributed by atoms with Crippen LogP contribution in [0.15, 0.2) is 70.6 Å². The number of halogens is 1. The molecule has 0 aliphatic carbocycles. The predicted molar refractivity (Wildman–Crippen MR) is 129 cm³/mol. The lowest BCUT2D eigenvalue weighted by molar-refractivity contribution is 0.0998. The SMILES string of the molecule is Cc1ccc(S(=O)(=O)Nc2ccc(C(=O)N=c3sc4ccc(Cl)c(C)c4n3C)cc2)cc1. The third-order valence-electron chi connectivity index (χ3n) is 5.06. The highest BCUT2D eigenvalue weighted by atomic mass is 35.5. The van der Waals surface area contributed by atoms with Crippen LogP contribution in [-0.4, -0.2) is 18.9 Å². The number of carbonyl (C=O) groups excluding carboxylic acids is 1. The summed E-state index contributed by atoms with van der Waals surface area (Å²) in [6.07, 6.45) is 0. The van der Waals surface area contributed by atoms with Crippen molar-refractivity contribution < 1.29 is 13.2 Å². The molecule has 0 spiro atoms. The zero-order valence-electron chi connectivity index (χ0n) is 17.6. The number of hydrogen-bond acceptors (Lipinski definition) is 4. The van der Waals surface area contributed by atoms with E-state index in [-0.39, 0.29) is 4.90 Å². The van der Waals surface area contributed by atoms with Crippen LogP contribution < -0.4 is 9.52 Å². The van der Waals surface area contributed by atoms with Gasteiger partial charge in [0.15, 0.2) is 4.80 Å². The third kappa shape index (κ3) is 4.34.